The quantitative estimate of drug-likeness (QED) is 0.338. The van der Waals surface area contributed by atoms with Crippen LogP contribution in [0.1, 0.15) is 30.6 Å². The van der Waals surface area contributed by atoms with Crippen LogP contribution < -0.4 is 10.6 Å². The molecule has 3 N–H and O–H groups in total. The van der Waals surface area contributed by atoms with Crippen molar-refractivity contribution in [1.82, 2.24) is 15.5 Å². The van der Waals surface area contributed by atoms with E-state index in [0.717, 1.165) is 30.7 Å². The van der Waals surface area contributed by atoms with E-state index in [0.29, 0.717) is 18.2 Å². The molecular formula is C22H21ClF3N5O. The van der Waals surface area contributed by atoms with Crippen LogP contribution in [0.15, 0.2) is 47.5 Å². The van der Waals surface area contributed by atoms with E-state index in [1.165, 1.54) is 18.2 Å². The SMILES string of the molecule is CC(C)CCN=C(NC(=O)c1ccc(Cl)c(F)c1)Nc1cc(-c2cc(F)cc(F)c2)[nH]n1. The Morgan fingerprint density at radius 2 is 1.84 bits per heavy atom. The minimum atomic E-state index is -0.720. The van der Waals surface area contributed by atoms with Crippen molar-refractivity contribution in [1.29, 1.82) is 0 Å². The topological polar surface area (TPSA) is 82.2 Å². The normalized spacial score (nSPS) is 11.7. The van der Waals surface area contributed by atoms with Crippen molar-refractivity contribution in [2.45, 2.75) is 20.3 Å². The molecule has 0 saturated carbocycles. The fraction of sp³-hybridized carbons (Fsp3) is 0.227. The van der Waals surface area contributed by atoms with Crippen molar-refractivity contribution in [2.24, 2.45) is 10.9 Å². The van der Waals surface area contributed by atoms with Gasteiger partial charge in [-0.2, -0.15) is 5.10 Å². The molecule has 1 aromatic heterocycles. The van der Waals surface area contributed by atoms with Crippen LogP contribution in [0.2, 0.25) is 5.02 Å². The van der Waals surface area contributed by atoms with E-state index in [4.69, 9.17) is 11.6 Å². The second kappa shape index (κ2) is 10.3. The molecule has 0 atom stereocenters. The fourth-order valence-electron chi connectivity index (χ4n) is 2.73. The van der Waals surface area contributed by atoms with Crippen molar-refractivity contribution < 1.29 is 18.0 Å². The van der Waals surface area contributed by atoms with E-state index in [1.807, 2.05) is 13.8 Å². The Hall–Kier alpha value is -3.33. The average Bonchev–Trinajstić information content (AvgIpc) is 3.17. The lowest BCUT2D eigenvalue weighted by atomic mass is 10.1. The van der Waals surface area contributed by atoms with Crippen molar-refractivity contribution in [3.05, 3.63) is 70.5 Å². The van der Waals surface area contributed by atoms with Crippen LogP contribution in [0.3, 0.4) is 0 Å². The molecule has 3 aromatic rings. The number of amides is 1. The number of aromatic nitrogens is 2. The molecule has 0 aliphatic heterocycles. The number of hydrogen-bond donors (Lipinski definition) is 3. The number of H-pyrrole nitrogens is 1. The van der Waals surface area contributed by atoms with Crippen LogP contribution in [0, 0.1) is 23.4 Å². The zero-order valence-corrected chi connectivity index (χ0v) is 18.1. The summed E-state index contributed by atoms with van der Waals surface area (Å²) in [6.07, 6.45) is 0.769. The Kier molecular flexibility index (Phi) is 7.53. The van der Waals surface area contributed by atoms with Gasteiger partial charge in [-0.05, 0) is 42.7 Å². The molecule has 2 aromatic carbocycles. The predicted molar refractivity (Wildman–Crippen MR) is 118 cm³/mol. The maximum atomic E-state index is 13.7. The van der Waals surface area contributed by atoms with Gasteiger partial charge in [-0.15, -0.1) is 0 Å². The third kappa shape index (κ3) is 6.34. The first-order chi connectivity index (χ1) is 15.2. The zero-order valence-electron chi connectivity index (χ0n) is 17.3. The first-order valence-electron chi connectivity index (χ1n) is 9.81. The van der Waals surface area contributed by atoms with Gasteiger partial charge in [-0.1, -0.05) is 25.4 Å². The molecule has 0 aliphatic carbocycles. The number of nitrogens with one attached hydrogen (secondary N) is 3. The van der Waals surface area contributed by atoms with Crippen molar-refractivity contribution in [3.63, 3.8) is 0 Å². The number of carbonyl (C=O) groups excluding carboxylic acids is 1. The van der Waals surface area contributed by atoms with Gasteiger partial charge in [-0.3, -0.25) is 20.2 Å². The summed E-state index contributed by atoms with van der Waals surface area (Å²) < 4.78 is 40.7. The van der Waals surface area contributed by atoms with Crippen LogP contribution in [0.5, 0.6) is 0 Å². The van der Waals surface area contributed by atoms with Gasteiger partial charge in [0, 0.05) is 29.8 Å². The van der Waals surface area contributed by atoms with Crippen LogP contribution >= 0.6 is 11.6 Å². The van der Waals surface area contributed by atoms with Crippen molar-refractivity contribution in [3.8, 4) is 11.3 Å². The lowest BCUT2D eigenvalue weighted by Crippen LogP contribution is -2.36. The first kappa shape index (κ1) is 23.3. The molecular weight excluding hydrogens is 443 g/mol. The van der Waals surface area contributed by atoms with Gasteiger partial charge >= 0.3 is 0 Å². The summed E-state index contributed by atoms with van der Waals surface area (Å²) in [5.41, 5.74) is 0.684. The Labute approximate surface area is 187 Å². The van der Waals surface area contributed by atoms with Gasteiger partial charge in [0.05, 0.1) is 10.7 Å². The van der Waals surface area contributed by atoms with Gasteiger partial charge in [-0.25, -0.2) is 13.2 Å². The molecule has 0 spiro atoms. The van der Waals surface area contributed by atoms with Gasteiger partial charge in [0.2, 0.25) is 5.96 Å². The summed E-state index contributed by atoms with van der Waals surface area (Å²) in [6.45, 7) is 4.49. The van der Waals surface area contributed by atoms with Gasteiger partial charge in [0.1, 0.15) is 17.5 Å². The molecule has 0 unspecified atom stereocenters. The smallest absolute Gasteiger partial charge is 0.258 e. The molecule has 0 bridgehead atoms. The molecule has 1 heterocycles. The molecule has 0 saturated heterocycles. The molecule has 0 fully saturated rings. The summed E-state index contributed by atoms with van der Waals surface area (Å²) >= 11 is 5.67. The number of benzene rings is 2. The lowest BCUT2D eigenvalue weighted by Gasteiger charge is -2.11. The highest BCUT2D eigenvalue weighted by molar-refractivity contribution is 6.30. The van der Waals surface area contributed by atoms with Crippen LogP contribution in [0.25, 0.3) is 11.3 Å². The standard InChI is InChI=1S/C22H21ClF3N5O/c1-12(2)5-6-27-22(29-21(32)13-3-4-17(23)18(26)9-13)28-20-11-19(30-31-20)14-7-15(24)10-16(25)8-14/h3-4,7-12H,5-6H2,1-2H3,(H3,27,28,29,30,31,32). The average molecular weight is 464 g/mol. The highest BCUT2D eigenvalue weighted by atomic mass is 35.5. The number of aromatic amines is 1. The molecule has 0 aliphatic rings. The summed E-state index contributed by atoms with van der Waals surface area (Å²) in [5.74, 6) is -2.01. The Balaban J connectivity index is 1.79. The summed E-state index contributed by atoms with van der Waals surface area (Å²) in [4.78, 5) is 16.9. The fourth-order valence-corrected chi connectivity index (χ4v) is 2.84. The molecule has 3 rings (SSSR count). The highest BCUT2D eigenvalue weighted by Crippen LogP contribution is 2.22. The van der Waals surface area contributed by atoms with Crippen LogP contribution in [-0.4, -0.2) is 28.6 Å². The van der Waals surface area contributed by atoms with E-state index >= 15 is 0 Å². The van der Waals surface area contributed by atoms with E-state index in [1.54, 1.807) is 0 Å². The number of halogens is 4. The number of rotatable bonds is 6. The monoisotopic (exact) mass is 463 g/mol. The van der Waals surface area contributed by atoms with Gasteiger partial charge in [0.25, 0.3) is 5.91 Å². The van der Waals surface area contributed by atoms with Gasteiger partial charge in [0.15, 0.2) is 5.82 Å². The molecule has 1 amide bonds. The number of carbonyl (C=O) groups is 1. The third-order valence-corrected chi connectivity index (χ3v) is 4.69. The second-order valence-electron chi connectivity index (χ2n) is 7.45. The second-order valence-corrected chi connectivity index (χ2v) is 7.85. The maximum absolute atomic E-state index is 13.7. The minimum absolute atomic E-state index is 0.0585. The van der Waals surface area contributed by atoms with Crippen LogP contribution in [0.4, 0.5) is 19.0 Å². The molecule has 32 heavy (non-hydrogen) atoms. The molecule has 168 valence electrons. The Morgan fingerprint density at radius 1 is 1.12 bits per heavy atom. The van der Waals surface area contributed by atoms with Crippen molar-refractivity contribution in [2.75, 3.05) is 11.9 Å². The summed E-state index contributed by atoms with van der Waals surface area (Å²) in [7, 11) is 0. The Morgan fingerprint density at radius 3 is 2.50 bits per heavy atom. The third-order valence-electron chi connectivity index (χ3n) is 4.39. The largest absolute Gasteiger partial charge is 0.309 e. The zero-order chi connectivity index (χ0) is 23.3. The predicted octanol–water partition coefficient (Wildman–Crippen LogP) is 5.39. The Bertz CT molecular complexity index is 1130. The van der Waals surface area contributed by atoms with E-state index in [9.17, 15) is 18.0 Å². The molecule has 10 heteroatoms. The van der Waals surface area contributed by atoms with E-state index in [-0.39, 0.29) is 27.9 Å². The number of anilines is 1. The van der Waals surface area contributed by atoms with Crippen LogP contribution in [-0.2, 0) is 0 Å². The molecule has 0 radical (unpaired) electrons. The number of hydrogen-bond acceptors (Lipinski definition) is 3. The lowest BCUT2D eigenvalue weighted by molar-refractivity contribution is 0.0976. The van der Waals surface area contributed by atoms with Crippen molar-refractivity contribution >= 4 is 29.3 Å². The minimum Gasteiger partial charge on any atom is -0.309 e. The summed E-state index contributed by atoms with van der Waals surface area (Å²) in [6, 6.07) is 8.30. The number of aliphatic imine (C=N–C) groups is 1. The molecule has 6 nitrogen and oxygen atoms in total. The maximum Gasteiger partial charge on any atom is 0.258 e. The summed E-state index contributed by atoms with van der Waals surface area (Å²) in [5, 5.41) is 12.1. The number of nitrogens with zero attached hydrogens (tertiary/aromatic N) is 2. The number of guanidine groups is 1. The van der Waals surface area contributed by atoms with Gasteiger partial charge < -0.3 is 5.32 Å². The van der Waals surface area contributed by atoms with E-state index in [2.05, 4.69) is 25.8 Å². The van der Waals surface area contributed by atoms with E-state index < -0.39 is 23.4 Å². The highest BCUT2D eigenvalue weighted by Gasteiger charge is 2.14. The first-order valence-corrected chi connectivity index (χ1v) is 10.2.